The zero-order valence-corrected chi connectivity index (χ0v) is 14.0. The molecule has 1 aromatic heterocycles. The maximum absolute atomic E-state index is 6.57. The Bertz CT molecular complexity index is 442. The third-order valence-corrected chi connectivity index (χ3v) is 4.63. The van der Waals surface area contributed by atoms with E-state index in [1.54, 1.807) is 0 Å². The maximum atomic E-state index is 6.57. The summed E-state index contributed by atoms with van der Waals surface area (Å²) in [5, 5.41) is 4.63. The third-order valence-electron chi connectivity index (χ3n) is 4.63. The molecule has 2 heterocycles. The molecule has 5 heteroatoms. The molecular weight excluding hydrogens is 262 g/mol. The predicted octanol–water partition coefficient (Wildman–Crippen LogP) is 0.971. The lowest BCUT2D eigenvalue weighted by molar-refractivity contribution is 0.194. The third kappa shape index (κ3) is 4.05. The smallest absolute Gasteiger partial charge is 0.0624 e. The fourth-order valence-corrected chi connectivity index (χ4v) is 3.27. The molecule has 1 aliphatic heterocycles. The quantitative estimate of drug-likeness (QED) is 0.879. The highest BCUT2D eigenvalue weighted by atomic mass is 15.3. The second-order valence-corrected chi connectivity index (χ2v) is 6.33. The molecule has 0 bridgehead atoms. The van der Waals surface area contributed by atoms with Gasteiger partial charge >= 0.3 is 0 Å². The van der Waals surface area contributed by atoms with Crippen molar-refractivity contribution in [3.05, 3.63) is 17.5 Å². The largest absolute Gasteiger partial charge is 0.326 e. The topological polar surface area (TPSA) is 50.3 Å². The predicted molar refractivity (Wildman–Crippen MR) is 87.5 cm³/mol. The van der Waals surface area contributed by atoms with Gasteiger partial charge in [-0.15, -0.1) is 0 Å². The Morgan fingerprint density at radius 2 is 2.10 bits per heavy atom. The van der Waals surface area contributed by atoms with Crippen molar-refractivity contribution in [3.8, 4) is 0 Å². The first-order valence-electron chi connectivity index (χ1n) is 8.25. The summed E-state index contributed by atoms with van der Waals surface area (Å²) in [6.45, 7) is 8.57. The van der Waals surface area contributed by atoms with E-state index in [1.165, 1.54) is 24.4 Å². The van der Waals surface area contributed by atoms with Crippen molar-refractivity contribution in [2.75, 3.05) is 33.7 Å². The van der Waals surface area contributed by atoms with Gasteiger partial charge in [0.25, 0.3) is 0 Å². The summed E-state index contributed by atoms with van der Waals surface area (Å²) in [4.78, 5) is 4.84. The molecule has 2 atom stereocenters. The van der Waals surface area contributed by atoms with E-state index in [9.17, 15) is 0 Å². The van der Waals surface area contributed by atoms with Crippen LogP contribution >= 0.6 is 0 Å². The number of hydrogen-bond acceptors (Lipinski definition) is 4. The van der Waals surface area contributed by atoms with E-state index in [4.69, 9.17) is 5.73 Å². The Balaban J connectivity index is 2.08. The normalized spacial score (nSPS) is 23.2. The molecular formula is C16H31N5. The zero-order chi connectivity index (χ0) is 15.4. The van der Waals surface area contributed by atoms with Crippen LogP contribution in [0.15, 0.2) is 6.07 Å². The minimum Gasteiger partial charge on any atom is -0.326 e. The Hall–Kier alpha value is -0.910. The van der Waals surface area contributed by atoms with Crippen LogP contribution in [0.5, 0.6) is 0 Å². The van der Waals surface area contributed by atoms with Crippen LogP contribution in [-0.4, -0.2) is 65.4 Å². The van der Waals surface area contributed by atoms with E-state index in [0.29, 0.717) is 6.04 Å². The monoisotopic (exact) mass is 293 g/mol. The van der Waals surface area contributed by atoms with Crippen molar-refractivity contribution in [1.29, 1.82) is 0 Å². The SMILES string of the molecule is CCc1cc(CC(N)C2CN(C)CCCN2C)n(CC)n1. The van der Waals surface area contributed by atoms with E-state index >= 15 is 0 Å². The molecule has 0 radical (unpaired) electrons. The molecule has 1 aromatic rings. The van der Waals surface area contributed by atoms with Gasteiger partial charge in [-0.2, -0.15) is 5.10 Å². The highest BCUT2D eigenvalue weighted by molar-refractivity contribution is 5.12. The Morgan fingerprint density at radius 3 is 2.76 bits per heavy atom. The second-order valence-electron chi connectivity index (χ2n) is 6.33. The number of nitrogens with two attached hydrogens (primary N) is 1. The van der Waals surface area contributed by atoms with Crippen LogP contribution in [0.2, 0.25) is 0 Å². The number of nitrogens with zero attached hydrogens (tertiary/aromatic N) is 4. The van der Waals surface area contributed by atoms with E-state index < -0.39 is 0 Å². The van der Waals surface area contributed by atoms with E-state index in [0.717, 1.165) is 32.5 Å². The lowest BCUT2D eigenvalue weighted by atomic mass is 10.0. The molecule has 0 aromatic carbocycles. The first-order chi connectivity index (χ1) is 10.0. The molecule has 2 unspecified atom stereocenters. The summed E-state index contributed by atoms with van der Waals surface area (Å²) in [5.41, 5.74) is 9.02. The van der Waals surface area contributed by atoms with Gasteiger partial charge in [0, 0.05) is 37.3 Å². The average molecular weight is 293 g/mol. The number of rotatable bonds is 5. The van der Waals surface area contributed by atoms with Gasteiger partial charge in [0.05, 0.1) is 5.69 Å². The van der Waals surface area contributed by atoms with Crippen molar-refractivity contribution in [3.63, 3.8) is 0 Å². The van der Waals surface area contributed by atoms with Gasteiger partial charge in [-0.05, 0) is 53.0 Å². The molecule has 0 amide bonds. The van der Waals surface area contributed by atoms with Crippen molar-refractivity contribution < 1.29 is 0 Å². The minimum atomic E-state index is 0.155. The van der Waals surface area contributed by atoms with Gasteiger partial charge in [-0.1, -0.05) is 6.92 Å². The summed E-state index contributed by atoms with van der Waals surface area (Å²) in [6.07, 6.45) is 3.12. The van der Waals surface area contributed by atoms with Crippen LogP contribution in [0.4, 0.5) is 0 Å². The highest BCUT2D eigenvalue weighted by Gasteiger charge is 2.27. The fourth-order valence-electron chi connectivity index (χ4n) is 3.27. The van der Waals surface area contributed by atoms with Crippen LogP contribution < -0.4 is 5.73 Å². The first-order valence-corrected chi connectivity index (χ1v) is 8.25. The van der Waals surface area contributed by atoms with E-state index in [1.807, 2.05) is 0 Å². The van der Waals surface area contributed by atoms with Crippen LogP contribution in [-0.2, 0) is 19.4 Å². The molecule has 0 spiro atoms. The Kier molecular flexibility index (Phi) is 5.79. The molecule has 1 aliphatic rings. The average Bonchev–Trinajstić information content (AvgIpc) is 2.77. The zero-order valence-electron chi connectivity index (χ0n) is 14.0. The molecule has 120 valence electrons. The lowest BCUT2D eigenvalue weighted by Gasteiger charge is -2.32. The van der Waals surface area contributed by atoms with Crippen LogP contribution in [0, 0.1) is 0 Å². The molecule has 5 nitrogen and oxygen atoms in total. The van der Waals surface area contributed by atoms with Gasteiger partial charge in [0.15, 0.2) is 0 Å². The van der Waals surface area contributed by atoms with Gasteiger partial charge in [0.2, 0.25) is 0 Å². The van der Waals surface area contributed by atoms with Crippen molar-refractivity contribution >= 4 is 0 Å². The minimum absolute atomic E-state index is 0.155. The molecule has 1 fully saturated rings. The number of likely N-dealkylation sites (N-methyl/N-ethyl adjacent to an activating group) is 2. The summed E-state index contributed by atoms with van der Waals surface area (Å²) < 4.78 is 2.11. The second kappa shape index (κ2) is 7.38. The molecule has 0 aliphatic carbocycles. The van der Waals surface area contributed by atoms with Crippen LogP contribution in [0.25, 0.3) is 0 Å². The van der Waals surface area contributed by atoms with Crippen molar-refractivity contribution in [2.45, 2.75) is 51.7 Å². The van der Waals surface area contributed by atoms with E-state index in [-0.39, 0.29) is 6.04 Å². The van der Waals surface area contributed by atoms with Crippen LogP contribution in [0.3, 0.4) is 0 Å². The molecule has 2 N–H and O–H groups in total. The van der Waals surface area contributed by atoms with E-state index in [2.05, 4.69) is 53.6 Å². The molecule has 2 rings (SSSR count). The highest BCUT2D eigenvalue weighted by Crippen LogP contribution is 2.14. The summed E-state index contributed by atoms with van der Waals surface area (Å²) in [6, 6.07) is 2.80. The number of aryl methyl sites for hydroxylation is 2. The van der Waals surface area contributed by atoms with Crippen molar-refractivity contribution in [2.24, 2.45) is 5.73 Å². The Labute approximate surface area is 129 Å². The lowest BCUT2D eigenvalue weighted by Crippen LogP contribution is -2.51. The summed E-state index contributed by atoms with van der Waals surface area (Å²) in [7, 11) is 4.41. The first kappa shape index (κ1) is 16.5. The van der Waals surface area contributed by atoms with Crippen LogP contribution in [0.1, 0.15) is 31.7 Å². The van der Waals surface area contributed by atoms with Crippen molar-refractivity contribution in [1.82, 2.24) is 19.6 Å². The van der Waals surface area contributed by atoms with Gasteiger partial charge in [0.1, 0.15) is 0 Å². The number of aromatic nitrogens is 2. The summed E-state index contributed by atoms with van der Waals surface area (Å²) in [5.74, 6) is 0. The van der Waals surface area contributed by atoms with Gasteiger partial charge in [-0.25, -0.2) is 0 Å². The maximum Gasteiger partial charge on any atom is 0.0624 e. The number of hydrogen-bond donors (Lipinski definition) is 1. The standard InChI is InChI=1S/C16H31N5/c1-5-13-10-14(21(6-2)18-13)11-15(17)16-12-19(3)8-7-9-20(16)4/h10,15-16H,5-9,11-12,17H2,1-4H3. The Morgan fingerprint density at radius 1 is 1.33 bits per heavy atom. The van der Waals surface area contributed by atoms with Gasteiger partial charge < -0.3 is 15.5 Å². The fraction of sp³-hybridized carbons (Fsp3) is 0.812. The summed E-state index contributed by atoms with van der Waals surface area (Å²) >= 11 is 0. The molecule has 21 heavy (non-hydrogen) atoms. The molecule has 0 saturated carbocycles. The van der Waals surface area contributed by atoms with Gasteiger partial charge in [-0.3, -0.25) is 4.68 Å². The molecule has 1 saturated heterocycles.